The first-order valence-corrected chi connectivity index (χ1v) is 41.0. The lowest BCUT2D eigenvalue weighted by atomic mass is 10.0. The highest BCUT2D eigenvalue weighted by atomic mass is 16.7. The molecule has 0 aromatic heterocycles. The fraction of sp³-hybridized carbons (Fsp3) is 0.718. The number of hydrazine groups is 1. The van der Waals surface area contributed by atoms with Gasteiger partial charge in [0.15, 0.2) is 38.7 Å². The van der Waals surface area contributed by atoms with Crippen molar-refractivity contribution < 1.29 is 165 Å². The van der Waals surface area contributed by atoms with Crippen LogP contribution in [-0.2, 0) is 100.0 Å². The lowest BCUT2D eigenvalue weighted by Gasteiger charge is -2.38. The third-order valence-electron chi connectivity index (χ3n) is 18.6. The molecule has 16 atom stereocenters. The lowest BCUT2D eigenvalue weighted by Crippen LogP contribution is -2.57. The van der Waals surface area contributed by atoms with E-state index in [1.807, 2.05) is 0 Å². The van der Waals surface area contributed by atoms with Crippen molar-refractivity contribution in [2.24, 2.45) is 5.73 Å². The number of hydrogen-bond acceptors (Lipinski definition) is 36. The normalized spacial score (nSPS) is 22.7. The van der Waals surface area contributed by atoms with E-state index < -0.39 is 153 Å². The third-order valence-corrected chi connectivity index (χ3v) is 18.6. The van der Waals surface area contributed by atoms with Crippen LogP contribution in [0, 0.1) is 0 Å². The lowest BCUT2D eigenvalue weighted by molar-refractivity contribution is -0.294. The molecule has 0 unspecified atom stereocenters. The molecule has 3 fully saturated rings. The van der Waals surface area contributed by atoms with Crippen LogP contribution >= 0.6 is 0 Å². The second-order valence-electron chi connectivity index (χ2n) is 28.6. The number of amides is 9. The quantitative estimate of drug-likeness (QED) is 0.0216. The van der Waals surface area contributed by atoms with E-state index in [1.165, 1.54) is 64.1 Å². The van der Waals surface area contributed by atoms with Gasteiger partial charge < -0.3 is 165 Å². The first-order valence-electron chi connectivity index (χ1n) is 41.0. The first kappa shape index (κ1) is 105. The van der Waals surface area contributed by atoms with E-state index in [9.17, 15) is 93.9 Å². The molecular formula is C78H127N11O34. The number of carbonyl (C=O) groups excluding carboxylic acids is 10. The molecule has 45 nitrogen and oxygen atoms in total. The van der Waals surface area contributed by atoms with Crippen molar-refractivity contribution in [1.82, 2.24) is 53.4 Å². The number of ether oxygens (including phenoxy) is 15. The molecule has 698 valence electrons. The highest BCUT2D eigenvalue weighted by molar-refractivity contribution is 5.96. The van der Waals surface area contributed by atoms with Gasteiger partial charge in [-0.15, -0.1) is 0 Å². The highest BCUT2D eigenvalue weighted by Gasteiger charge is 2.45. The van der Waals surface area contributed by atoms with Crippen LogP contribution in [0.1, 0.15) is 95.8 Å². The predicted octanol–water partition coefficient (Wildman–Crippen LogP) is -7.29. The van der Waals surface area contributed by atoms with Crippen molar-refractivity contribution in [3.63, 3.8) is 0 Å². The molecule has 0 saturated carbocycles. The van der Waals surface area contributed by atoms with Crippen molar-refractivity contribution in [3.8, 4) is 28.4 Å². The number of aliphatic hydroxyl groups excluding tert-OH is 9. The van der Waals surface area contributed by atoms with Gasteiger partial charge in [-0.3, -0.25) is 53.4 Å². The van der Waals surface area contributed by atoms with Gasteiger partial charge in [-0.1, -0.05) is 6.42 Å². The number of rotatable bonds is 64. The Bertz CT molecular complexity index is 3370. The molecule has 3 aliphatic rings. The number of unbranched alkanes of at least 4 members (excludes halogenated alkanes) is 1. The van der Waals surface area contributed by atoms with Gasteiger partial charge in [0.25, 0.3) is 23.6 Å². The number of Topliss-reactive ketones (excluding diaryl/α,β-unsaturated/α-hetero) is 1. The van der Waals surface area contributed by atoms with Gasteiger partial charge >= 0.3 is 0 Å². The van der Waals surface area contributed by atoms with Crippen molar-refractivity contribution in [2.45, 2.75) is 184 Å². The molecule has 0 aliphatic carbocycles. The first-order chi connectivity index (χ1) is 59.0. The Hall–Kier alpha value is -8.18. The van der Waals surface area contributed by atoms with Crippen molar-refractivity contribution >= 4 is 58.9 Å². The Labute approximate surface area is 712 Å². The molecule has 3 heterocycles. The molecule has 3 saturated heterocycles. The van der Waals surface area contributed by atoms with Crippen LogP contribution in [-0.4, -0.2) is 381 Å². The van der Waals surface area contributed by atoms with Crippen LogP contribution in [0.5, 0.6) is 17.2 Å². The minimum Gasteiger partial charge on any atom is -0.484 e. The summed E-state index contributed by atoms with van der Waals surface area (Å²) >= 11 is 0. The fourth-order valence-electron chi connectivity index (χ4n) is 11.6. The third kappa shape index (κ3) is 42.6. The summed E-state index contributed by atoms with van der Waals surface area (Å²) < 4.78 is 83.3. The van der Waals surface area contributed by atoms with E-state index in [0.29, 0.717) is 25.8 Å². The zero-order valence-corrected chi connectivity index (χ0v) is 70.0. The summed E-state index contributed by atoms with van der Waals surface area (Å²) in [4.78, 5) is 128. The van der Waals surface area contributed by atoms with E-state index in [4.69, 9.17) is 76.8 Å². The fourth-order valence-corrected chi connectivity index (χ4v) is 11.6. The van der Waals surface area contributed by atoms with E-state index in [-0.39, 0.29) is 247 Å². The Morgan fingerprint density at radius 2 is 0.675 bits per heavy atom. The van der Waals surface area contributed by atoms with Gasteiger partial charge in [0, 0.05) is 96.1 Å². The van der Waals surface area contributed by atoms with Crippen LogP contribution in [0.2, 0.25) is 0 Å². The largest absolute Gasteiger partial charge is 0.484 e. The van der Waals surface area contributed by atoms with E-state index in [0.717, 1.165) is 0 Å². The molecule has 0 spiro atoms. The Morgan fingerprint density at radius 1 is 0.350 bits per heavy atom. The van der Waals surface area contributed by atoms with E-state index in [1.54, 1.807) is 0 Å². The maximum atomic E-state index is 14.0. The molecular weight excluding hydrogens is 1630 g/mol. The van der Waals surface area contributed by atoms with Crippen LogP contribution in [0.4, 0.5) is 0 Å². The van der Waals surface area contributed by atoms with Crippen molar-refractivity contribution in [3.05, 3.63) is 42.0 Å². The van der Waals surface area contributed by atoms with Crippen LogP contribution in [0.15, 0.2) is 36.4 Å². The minimum atomic E-state index is -1.46. The van der Waals surface area contributed by atoms with Gasteiger partial charge in [-0.2, -0.15) is 0 Å². The number of nitrogens with two attached hydrogens (primary N) is 1. The maximum Gasteiger partial charge on any atom is 0.258 e. The maximum absolute atomic E-state index is 14.0. The Balaban J connectivity index is 1.16. The van der Waals surface area contributed by atoms with Crippen molar-refractivity contribution in [2.75, 3.05) is 178 Å². The molecule has 3 aliphatic heterocycles. The zero-order chi connectivity index (χ0) is 89.9. The summed E-state index contributed by atoms with van der Waals surface area (Å²) in [6.07, 6.45) is -16.4. The summed E-state index contributed by atoms with van der Waals surface area (Å²) in [5, 5.41) is 111. The second-order valence-corrected chi connectivity index (χ2v) is 28.6. The number of carbonyl (C=O) groups is 10. The Kier molecular flexibility index (Phi) is 51.8. The van der Waals surface area contributed by atoms with Gasteiger partial charge in [-0.25, -0.2) is 5.43 Å². The SMILES string of the molecule is CC(=O)[C@H](CCCCN)NNC(=O)CCCC(=O)NCCNC(=O)c1cc(OCC(=O)NCCOCCC(=O)NCCOCCO[C@@H]2O[C@@H](C)[C@H](O)[C@@H](O)[C@H]2O)cc(-c2cc(OCC(=O)NCCOCCC(=O)NCCOCCO[C@@H]3O[C@@H](C)[C@H](O)[C@@H](O)[C@H]3O)cc(OCC(=O)NCCOCCC(=O)NCCOCCO[C@@H]3O[C@@H](C)[C@H](O)[C@@H](O)[C@H]3O)c2)c1. The van der Waals surface area contributed by atoms with Gasteiger partial charge in [-0.05, 0) is 95.0 Å². The summed E-state index contributed by atoms with van der Waals surface area (Å²) in [5.74, 6) is -4.39. The summed E-state index contributed by atoms with van der Waals surface area (Å²) in [5.41, 5.74) is 11.4. The Morgan fingerprint density at radius 3 is 1.05 bits per heavy atom. The molecule has 45 heteroatoms. The number of ketones is 1. The number of benzene rings is 2. The summed E-state index contributed by atoms with van der Waals surface area (Å²) in [7, 11) is 0. The monoisotopic (exact) mass is 1760 g/mol. The highest BCUT2D eigenvalue weighted by Crippen LogP contribution is 2.34. The topological polar surface area (TPSA) is 638 Å². The van der Waals surface area contributed by atoms with Gasteiger partial charge in [0.2, 0.25) is 29.5 Å². The summed E-state index contributed by atoms with van der Waals surface area (Å²) in [6, 6.07) is 8.12. The van der Waals surface area contributed by atoms with Crippen molar-refractivity contribution in [1.29, 1.82) is 0 Å². The average Bonchev–Trinajstić information content (AvgIpc) is 0.826. The molecule has 5 rings (SSSR count). The average molecular weight is 1760 g/mol. The predicted molar refractivity (Wildman–Crippen MR) is 428 cm³/mol. The van der Waals surface area contributed by atoms with E-state index >= 15 is 0 Å². The van der Waals surface area contributed by atoms with E-state index in [2.05, 4.69) is 53.4 Å². The number of hydrogen-bond donors (Lipinski definition) is 20. The molecule has 123 heavy (non-hydrogen) atoms. The van der Waals surface area contributed by atoms with Gasteiger partial charge in [0.05, 0.1) is 123 Å². The zero-order valence-electron chi connectivity index (χ0n) is 70.0. The molecule has 2 aromatic carbocycles. The molecule has 0 radical (unpaired) electrons. The molecule has 0 bridgehead atoms. The standard InChI is InChI=1S/C78H127N11O34/c1-47(90)57(8-5-6-14-79)88-89-62(95)10-7-9-58(91)80-15-16-87-75(108)53-38-51(39-54(42-53)118-44-63(96)84-20-26-109-23-11-59(92)81-17-29-112-32-35-115-76-72(105)69(102)66(99)48(2)121-76)52-40-55(119-45-64(97)85-21-27-110-24-12-60(93)82-18-30-113-33-36-116-77-73(106)70(103)67(100)49(3)122-77)43-56(41-52)120-46-65(98)86-22-28-111-25-13-61(94)83-19-31-114-34-37-117-78-74(107)71(104)68(101)50(4)123-78/h38-43,48-50,57,66-74,76-78,88,99-107H,5-37,44-46,79H2,1-4H3,(H,80,91)(H,81,92)(H,82,93)(H,83,94)(H,84,96)(H,85,97)(H,86,98)(H,87,108)(H,89,95)/t48-,49-,50-,57-,66-,67-,68-,69+,70+,71+,72+,73+,74+,76+,77+,78+/m0/s1. The van der Waals surface area contributed by atoms with Crippen LogP contribution < -0.4 is 73.3 Å². The van der Waals surface area contributed by atoms with Crippen LogP contribution in [0.25, 0.3) is 11.1 Å². The molecule has 2 aromatic rings. The number of aliphatic hydroxyl groups is 9. The molecule has 21 N–H and O–H groups in total. The summed E-state index contributed by atoms with van der Waals surface area (Å²) in [6.45, 7) is 5.79. The van der Waals surface area contributed by atoms with Crippen LogP contribution in [0.3, 0.4) is 0 Å². The number of nitrogens with one attached hydrogen (secondary N) is 10. The second kappa shape index (κ2) is 60.4. The minimum absolute atomic E-state index is 0.00259. The van der Waals surface area contributed by atoms with Gasteiger partial charge in [0.1, 0.15) is 78.0 Å². The smallest absolute Gasteiger partial charge is 0.258 e. The molecule has 9 amide bonds.